The number of rotatable bonds is 1. The summed E-state index contributed by atoms with van der Waals surface area (Å²) in [6.07, 6.45) is 2.41. The van der Waals surface area contributed by atoms with Gasteiger partial charge in [-0.05, 0) is 29.5 Å². The summed E-state index contributed by atoms with van der Waals surface area (Å²) in [6, 6.07) is 5.07. The van der Waals surface area contributed by atoms with Gasteiger partial charge in [-0.1, -0.05) is 0 Å². The molecule has 1 amide bonds. The van der Waals surface area contributed by atoms with Gasteiger partial charge < -0.3 is 9.88 Å². The number of amides is 1. The Bertz CT molecular complexity index is 644. The van der Waals surface area contributed by atoms with E-state index in [1.807, 2.05) is 0 Å². The van der Waals surface area contributed by atoms with Gasteiger partial charge in [0.25, 0.3) is 5.91 Å². The van der Waals surface area contributed by atoms with Crippen molar-refractivity contribution in [3.63, 3.8) is 0 Å². The molecule has 1 aliphatic rings. The highest BCUT2D eigenvalue weighted by atomic mass is 32.1. The molecule has 0 aromatic carbocycles. The topological polar surface area (TPSA) is 53.2 Å². The van der Waals surface area contributed by atoms with E-state index in [0.717, 1.165) is 13.0 Å². The fourth-order valence-corrected chi connectivity index (χ4v) is 3.07. The fraction of sp³-hybridized carbons (Fsp3) is 0.231. The molecule has 0 unspecified atom stereocenters. The maximum absolute atomic E-state index is 12.3. The van der Waals surface area contributed by atoms with Crippen molar-refractivity contribution in [3.8, 4) is 0 Å². The van der Waals surface area contributed by atoms with Crippen molar-refractivity contribution < 1.29 is 4.79 Å². The Hall–Kier alpha value is -1.88. The highest BCUT2D eigenvalue weighted by Crippen LogP contribution is 2.24. The molecule has 3 rings (SSSR count). The van der Waals surface area contributed by atoms with E-state index < -0.39 is 0 Å². The Balaban J connectivity index is 1.85. The van der Waals surface area contributed by atoms with Crippen LogP contribution in [0.1, 0.15) is 20.8 Å². The first-order valence-corrected chi connectivity index (χ1v) is 6.65. The van der Waals surface area contributed by atoms with Gasteiger partial charge in [0.2, 0.25) is 5.56 Å². The molecule has 0 atom stereocenters. The fourth-order valence-electron chi connectivity index (χ4n) is 2.18. The second-order valence-corrected chi connectivity index (χ2v) is 5.29. The summed E-state index contributed by atoms with van der Waals surface area (Å²) < 4.78 is 0. The molecule has 1 N–H and O–H groups in total. The van der Waals surface area contributed by atoms with Crippen LogP contribution in [-0.4, -0.2) is 22.3 Å². The number of aromatic nitrogens is 1. The summed E-state index contributed by atoms with van der Waals surface area (Å²) >= 11 is 1.74. The van der Waals surface area contributed by atoms with Gasteiger partial charge in [-0.25, -0.2) is 0 Å². The smallest absolute Gasteiger partial charge is 0.254 e. The lowest BCUT2D eigenvalue weighted by molar-refractivity contribution is 0.0735. The van der Waals surface area contributed by atoms with Gasteiger partial charge in [0.05, 0.1) is 0 Å². The molecule has 0 saturated carbocycles. The van der Waals surface area contributed by atoms with Crippen molar-refractivity contribution >= 4 is 17.2 Å². The van der Waals surface area contributed by atoms with Crippen molar-refractivity contribution in [1.29, 1.82) is 0 Å². The van der Waals surface area contributed by atoms with Crippen LogP contribution in [0.2, 0.25) is 0 Å². The maximum Gasteiger partial charge on any atom is 0.254 e. The molecule has 2 aromatic heterocycles. The van der Waals surface area contributed by atoms with Gasteiger partial charge >= 0.3 is 0 Å². The first-order chi connectivity index (χ1) is 8.74. The number of aromatic amines is 1. The molecule has 0 spiro atoms. The molecule has 5 heteroatoms. The number of hydrogen-bond acceptors (Lipinski definition) is 3. The summed E-state index contributed by atoms with van der Waals surface area (Å²) in [4.78, 5) is 29.1. The van der Waals surface area contributed by atoms with E-state index in [4.69, 9.17) is 0 Å². The number of carbonyl (C=O) groups excluding carboxylic acids is 1. The average molecular weight is 260 g/mol. The van der Waals surface area contributed by atoms with E-state index in [9.17, 15) is 9.59 Å². The van der Waals surface area contributed by atoms with Gasteiger partial charge in [0, 0.05) is 35.8 Å². The summed E-state index contributed by atoms with van der Waals surface area (Å²) in [6.45, 7) is 1.36. The van der Waals surface area contributed by atoms with Crippen molar-refractivity contribution in [2.45, 2.75) is 13.0 Å². The van der Waals surface area contributed by atoms with Crippen molar-refractivity contribution in [1.82, 2.24) is 9.88 Å². The molecule has 0 saturated heterocycles. The molecule has 92 valence electrons. The number of nitrogens with one attached hydrogen (secondary N) is 1. The van der Waals surface area contributed by atoms with Crippen molar-refractivity contribution in [2.75, 3.05) is 6.54 Å². The molecule has 0 aliphatic carbocycles. The zero-order chi connectivity index (χ0) is 12.5. The van der Waals surface area contributed by atoms with Crippen LogP contribution in [0.15, 0.2) is 34.6 Å². The van der Waals surface area contributed by atoms with E-state index in [0.29, 0.717) is 12.1 Å². The zero-order valence-electron chi connectivity index (χ0n) is 9.68. The van der Waals surface area contributed by atoms with E-state index in [1.54, 1.807) is 22.3 Å². The largest absolute Gasteiger partial charge is 0.334 e. The standard InChI is InChI=1S/C13H12N2O2S/c16-12-7-9(1-4-14-12)13(17)15-5-2-11-10(8-15)3-6-18-11/h1,3-4,6-7H,2,5,8H2,(H,14,16). The SMILES string of the molecule is O=C(c1cc[nH]c(=O)c1)N1CCc2sccc2C1. The first-order valence-electron chi connectivity index (χ1n) is 5.77. The van der Waals surface area contributed by atoms with Crippen LogP contribution in [-0.2, 0) is 13.0 Å². The lowest BCUT2D eigenvalue weighted by atomic mass is 10.1. The molecule has 0 fully saturated rings. The van der Waals surface area contributed by atoms with Gasteiger partial charge in [-0.15, -0.1) is 11.3 Å². The number of hydrogen-bond donors (Lipinski definition) is 1. The Morgan fingerprint density at radius 3 is 3.11 bits per heavy atom. The lowest BCUT2D eigenvalue weighted by Crippen LogP contribution is -2.35. The number of fused-ring (bicyclic) bond motifs is 1. The molecular formula is C13H12N2O2S. The third-order valence-corrected chi connectivity index (χ3v) is 4.14. The molecule has 4 nitrogen and oxygen atoms in total. The monoisotopic (exact) mass is 260 g/mol. The zero-order valence-corrected chi connectivity index (χ0v) is 10.5. The van der Waals surface area contributed by atoms with Crippen LogP contribution in [0, 0.1) is 0 Å². The summed E-state index contributed by atoms with van der Waals surface area (Å²) in [5.74, 6) is -0.0713. The molecular weight excluding hydrogens is 248 g/mol. The second-order valence-electron chi connectivity index (χ2n) is 4.29. The van der Waals surface area contributed by atoms with Crippen molar-refractivity contribution in [2.24, 2.45) is 0 Å². The van der Waals surface area contributed by atoms with Gasteiger partial charge in [-0.3, -0.25) is 9.59 Å². The Labute approximate surface area is 108 Å². The number of pyridine rings is 1. The third-order valence-electron chi connectivity index (χ3n) is 3.12. The van der Waals surface area contributed by atoms with E-state index in [-0.39, 0.29) is 11.5 Å². The Kier molecular flexibility index (Phi) is 2.76. The average Bonchev–Trinajstić information content (AvgIpc) is 2.85. The van der Waals surface area contributed by atoms with E-state index >= 15 is 0 Å². The van der Waals surface area contributed by atoms with Gasteiger partial charge in [0.1, 0.15) is 0 Å². The minimum absolute atomic E-state index is 0.0713. The van der Waals surface area contributed by atoms with Crippen LogP contribution < -0.4 is 5.56 Å². The van der Waals surface area contributed by atoms with E-state index in [1.165, 1.54) is 22.7 Å². The van der Waals surface area contributed by atoms with Crippen LogP contribution in [0.25, 0.3) is 0 Å². The van der Waals surface area contributed by atoms with Crippen LogP contribution >= 0.6 is 11.3 Å². The lowest BCUT2D eigenvalue weighted by Gasteiger charge is -2.26. The van der Waals surface area contributed by atoms with Gasteiger partial charge in [0.15, 0.2) is 0 Å². The molecule has 1 aliphatic heterocycles. The number of carbonyl (C=O) groups is 1. The Morgan fingerprint density at radius 1 is 1.39 bits per heavy atom. The predicted octanol–water partition coefficient (Wildman–Crippen LogP) is 1.63. The summed E-state index contributed by atoms with van der Waals surface area (Å²) in [5, 5.41) is 2.06. The number of nitrogens with zero attached hydrogens (tertiary/aromatic N) is 1. The number of thiophene rings is 1. The first kappa shape index (κ1) is 11.2. The van der Waals surface area contributed by atoms with Crippen LogP contribution in [0.4, 0.5) is 0 Å². The molecule has 18 heavy (non-hydrogen) atoms. The molecule has 0 radical (unpaired) electrons. The molecule has 0 bridgehead atoms. The predicted molar refractivity (Wildman–Crippen MR) is 69.8 cm³/mol. The van der Waals surface area contributed by atoms with Gasteiger partial charge in [-0.2, -0.15) is 0 Å². The van der Waals surface area contributed by atoms with Crippen LogP contribution in [0.3, 0.4) is 0 Å². The second kappa shape index (κ2) is 4.42. The highest BCUT2D eigenvalue weighted by Gasteiger charge is 2.22. The van der Waals surface area contributed by atoms with E-state index in [2.05, 4.69) is 16.4 Å². The third kappa shape index (κ3) is 1.97. The quantitative estimate of drug-likeness (QED) is 0.847. The number of H-pyrrole nitrogens is 1. The Morgan fingerprint density at radius 2 is 2.28 bits per heavy atom. The minimum atomic E-state index is -0.242. The minimum Gasteiger partial charge on any atom is -0.334 e. The van der Waals surface area contributed by atoms with Crippen LogP contribution in [0.5, 0.6) is 0 Å². The molecule has 2 aromatic rings. The normalized spacial score (nSPS) is 14.3. The van der Waals surface area contributed by atoms with Crippen molar-refractivity contribution in [3.05, 3.63) is 56.1 Å². The summed E-state index contributed by atoms with van der Waals surface area (Å²) in [7, 11) is 0. The molecule has 3 heterocycles. The summed E-state index contributed by atoms with van der Waals surface area (Å²) in [5.41, 5.74) is 1.44. The maximum atomic E-state index is 12.3. The highest BCUT2D eigenvalue weighted by molar-refractivity contribution is 7.10.